The molecule has 15 heavy (non-hydrogen) atoms. The van der Waals surface area contributed by atoms with Crippen molar-refractivity contribution < 1.29 is 4.74 Å². The van der Waals surface area contributed by atoms with Crippen LogP contribution in [0.25, 0.3) is 0 Å². The lowest BCUT2D eigenvalue weighted by Crippen LogP contribution is -1.84. The van der Waals surface area contributed by atoms with E-state index in [1.54, 1.807) is 0 Å². The van der Waals surface area contributed by atoms with E-state index in [4.69, 9.17) is 4.74 Å². The lowest BCUT2D eigenvalue weighted by atomic mass is 10.2. The van der Waals surface area contributed by atoms with Crippen LogP contribution in [0.1, 0.15) is 11.1 Å². The van der Waals surface area contributed by atoms with E-state index in [0.29, 0.717) is 0 Å². The molecular weight excluding hydrogens is 184 g/mol. The molecule has 0 N–H and O–H groups in total. The summed E-state index contributed by atoms with van der Waals surface area (Å²) in [6.45, 7) is 1.55. The summed E-state index contributed by atoms with van der Waals surface area (Å²) in [5.41, 5.74) is 2.55. The Kier molecular flexibility index (Phi) is 3.53. The first kappa shape index (κ1) is 9.94. The van der Waals surface area contributed by atoms with Gasteiger partial charge in [-0.15, -0.1) is 0 Å². The number of rotatable bonds is 0. The highest BCUT2D eigenvalue weighted by Gasteiger charge is 2.00. The molecule has 0 saturated heterocycles. The van der Waals surface area contributed by atoms with Gasteiger partial charge in [0.25, 0.3) is 0 Å². The molecule has 2 aromatic carbocycles. The predicted octanol–water partition coefficient (Wildman–Crippen LogP) is 3.40. The molecule has 0 atom stereocenters. The van der Waals surface area contributed by atoms with Crippen LogP contribution in [-0.2, 0) is 18.0 Å². The van der Waals surface area contributed by atoms with Crippen LogP contribution in [0.3, 0.4) is 0 Å². The maximum absolute atomic E-state index is 5.28. The molecule has 0 fully saturated rings. The number of benzene rings is 2. The Hall–Kier alpha value is -1.60. The molecule has 4 rings (SSSR count). The summed E-state index contributed by atoms with van der Waals surface area (Å²) in [6.07, 6.45) is 0. The summed E-state index contributed by atoms with van der Waals surface area (Å²) >= 11 is 0. The van der Waals surface area contributed by atoms with Crippen molar-refractivity contribution in [1.29, 1.82) is 0 Å². The van der Waals surface area contributed by atoms with Crippen LogP contribution >= 0.6 is 0 Å². The first-order chi connectivity index (χ1) is 7.45. The molecule has 2 aliphatic heterocycles. The minimum Gasteiger partial charge on any atom is -0.372 e. The van der Waals surface area contributed by atoms with Gasteiger partial charge in [-0.1, -0.05) is 60.7 Å². The minimum absolute atomic E-state index is 0.774. The summed E-state index contributed by atoms with van der Waals surface area (Å²) < 4.78 is 5.28. The van der Waals surface area contributed by atoms with Gasteiger partial charge in [0.15, 0.2) is 0 Å². The molecule has 0 saturated carbocycles. The van der Waals surface area contributed by atoms with Gasteiger partial charge in [-0.25, -0.2) is 0 Å². The summed E-state index contributed by atoms with van der Waals surface area (Å²) in [5.74, 6) is 0. The summed E-state index contributed by atoms with van der Waals surface area (Å²) in [6, 6.07) is 20.5. The first-order valence-electron chi connectivity index (χ1n) is 5.11. The monoisotopic (exact) mass is 198 g/mol. The number of hydrogen-bond donors (Lipinski definition) is 0. The molecule has 0 aliphatic carbocycles. The van der Waals surface area contributed by atoms with Crippen molar-refractivity contribution in [1.82, 2.24) is 0 Å². The standard InChI is InChI=1S/C8H8O.C6H6/c1-2-8-4-3-7(1)5-9-6-8;1-2-4-6-5-3-1/h1-4H,5-6H2;1-6H. The average Bonchev–Trinajstić information content (AvgIpc) is 2.69. The van der Waals surface area contributed by atoms with Crippen molar-refractivity contribution in [3.8, 4) is 0 Å². The van der Waals surface area contributed by atoms with Gasteiger partial charge < -0.3 is 4.74 Å². The fourth-order valence-corrected chi connectivity index (χ4v) is 1.40. The minimum atomic E-state index is 0.774. The van der Waals surface area contributed by atoms with Crippen molar-refractivity contribution in [2.45, 2.75) is 13.2 Å². The first-order valence-corrected chi connectivity index (χ1v) is 5.11. The zero-order valence-electron chi connectivity index (χ0n) is 8.60. The molecule has 0 radical (unpaired) electrons. The van der Waals surface area contributed by atoms with Gasteiger partial charge >= 0.3 is 0 Å². The molecular formula is C14H14O. The van der Waals surface area contributed by atoms with E-state index in [-0.39, 0.29) is 0 Å². The molecule has 0 aromatic heterocycles. The van der Waals surface area contributed by atoms with E-state index in [9.17, 15) is 0 Å². The van der Waals surface area contributed by atoms with Crippen molar-refractivity contribution >= 4 is 0 Å². The van der Waals surface area contributed by atoms with Gasteiger partial charge in [-0.05, 0) is 11.1 Å². The molecule has 0 amide bonds. The van der Waals surface area contributed by atoms with Crippen molar-refractivity contribution in [3.05, 3.63) is 71.8 Å². The fraction of sp³-hybridized carbons (Fsp3) is 0.143. The SMILES string of the molecule is c1cc2ccc1COC2.c1ccccc1. The molecule has 2 heterocycles. The van der Waals surface area contributed by atoms with Gasteiger partial charge in [-0.3, -0.25) is 0 Å². The lowest BCUT2D eigenvalue weighted by Gasteiger charge is -1.92. The van der Waals surface area contributed by atoms with E-state index in [1.165, 1.54) is 11.1 Å². The molecule has 0 spiro atoms. The Labute approximate surface area is 90.3 Å². The van der Waals surface area contributed by atoms with Gasteiger partial charge in [0.05, 0.1) is 13.2 Å². The Bertz CT molecular complexity index is 328. The summed E-state index contributed by atoms with van der Waals surface area (Å²) in [5, 5.41) is 0. The van der Waals surface area contributed by atoms with Gasteiger partial charge in [0.2, 0.25) is 0 Å². The van der Waals surface area contributed by atoms with Crippen molar-refractivity contribution in [2.24, 2.45) is 0 Å². The molecule has 2 aromatic rings. The highest BCUT2D eigenvalue weighted by molar-refractivity contribution is 5.22. The van der Waals surface area contributed by atoms with E-state index in [2.05, 4.69) is 24.3 Å². The Morgan fingerprint density at radius 1 is 0.600 bits per heavy atom. The fourth-order valence-electron chi connectivity index (χ4n) is 1.40. The van der Waals surface area contributed by atoms with Crippen LogP contribution in [-0.4, -0.2) is 0 Å². The number of ether oxygens (including phenoxy) is 1. The van der Waals surface area contributed by atoms with Gasteiger partial charge in [0, 0.05) is 0 Å². The van der Waals surface area contributed by atoms with Crippen LogP contribution in [0.5, 0.6) is 0 Å². The molecule has 2 aliphatic rings. The van der Waals surface area contributed by atoms with E-state index in [1.807, 2.05) is 36.4 Å². The van der Waals surface area contributed by atoms with Crippen LogP contribution in [0.4, 0.5) is 0 Å². The normalized spacial score (nSPS) is 12.5. The van der Waals surface area contributed by atoms with E-state index < -0.39 is 0 Å². The largest absolute Gasteiger partial charge is 0.372 e. The van der Waals surface area contributed by atoms with Crippen molar-refractivity contribution in [3.63, 3.8) is 0 Å². The second kappa shape index (κ2) is 5.32. The third-order valence-electron chi connectivity index (χ3n) is 2.23. The second-order valence-electron chi connectivity index (χ2n) is 3.46. The molecule has 76 valence electrons. The average molecular weight is 198 g/mol. The van der Waals surface area contributed by atoms with Gasteiger partial charge in [0.1, 0.15) is 0 Å². The number of hydrogen-bond acceptors (Lipinski definition) is 1. The number of fused-ring (bicyclic) bond motifs is 4. The Morgan fingerprint density at radius 2 is 0.933 bits per heavy atom. The molecule has 2 bridgehead atoms. The predicted molar refractivity (Wildman–Crippen MR) is 61.4 cm³/mol. The van der Waals surface area contributed by atoms with Crippen LogP contribution in [0, 0.1) is 0 Å². The Morgan fingerprint density at radius 3 is 1.27 bits per heavy atom. The maximum Gasteiger partial charge on any atom is 0.0721 e. The quantitative estimate of drug-likeness (QED) is 0.630. The highest BCUT2D eigenvalue weighted by atomic mass is 16.5. The molecule has 1 heteroatoms. The second-order valence-corrected chi connectivity index (χ2v) is 3.46. The summed E-state index contributed by atoms with van der Waals surface area (Å²) in [4.78, 5) is 0. The van der Waals surface area contributed by atoms with Gasteiger partial charge in [-0.2, -0.15) is 0 Å². The smallest absolute Gasteiger partial charge is 0.0721 e. The van der Waals surface area contributed by atoms with E-state index in [0.717, 1.165) is 13.2 Å². The van der Waals surface area contributed by atoms with Crippen LogP contribution < -0.4 is 0 Å². The van der Waals surface area contributed by atoms with E-state index >= 15 is 0 Å². The summed E-state index contributed by atoms with van der Waals surface area (Å²) in [7, 11) is 0. The third kappa shape index (κ3) is 3.22. The molecule has 1 nitrogen and oxygen atoms in total. The zero-order valence-corrected chi connectivity index (χ0v) is 8.60. The highest BCUT2D eigenvalue weighted by Crippen LogP contribution is 2.12. The lowest BCUT2D eigenvalue weighted by molar-refractivity contribution is 0.111. The van der Waals surface area contributed by atoms with Crippen LogP contribution in [0.2, 0.25) is 0 Å². The van der Waals surface area contributed by atoms with Crippen molar-refractivity contribution in [2.75, 3.05) is 0 Å². The van der Waals surface area contributed by atoms with Crippen LogP contribution in [0.15, 0.2) is 60.7 Å². The Balaban J connectivity index is 0.000000124. The third-order valence-corrected chi connectivity index (χ3v) is 2.23. The molecule has 0 unspecified atom stereocenters. The maximum atomic E-state index is 5.28. The zero-order chi connectivity index (χ0) is 10.3. The topological polar surface area (TPSA) is 9.23 Å².